The first-order valence-corrected chi connectivity index (χ1v) is 8.03. The zero-order chi connectivity index (χ0) is 14.0. The second-order valence-electron chi connectivity index (χ2n) is 4.10. The van der Waals surface area contributed by atoms with E-state index >= 15 is 0 Å². The van der Waals surface area contributed by atoms with Gasteiger partial charge in [0.05, 0.1) is 14.7 Å². The van der Waals surface area contributed by atoms with Crippen LogP contribution in [0.4, 0.5) is 0 Å². The molecule has 0 N–H and O–H groups in total. The summed E-state index contributed by atoms with van der Waals surface area (Å²) in [6.45, 7) is 2.00. The Hall–Kier alpha value is -0.720. The number of carbonyl (C=O) groups excluding carboxylic acids is 1. The minimum Gasteiger partial charge on any atom is -0.334 e. The monoisotopic (exact) mass is 402 g/mol. The third-order valence-electron chi connectivity index (χ3n) is 2.95. The molecule has 1 atom stereocenters. The zero-order valence-electron chi connectivity index (χ0n) is 10.4. The second-order valence-corrected chi connectivity index (χ2v) is 7.33. The van der Waals surface area contributed by atoms with Gasteiger partial charge in [-0.05, 0) is 62.5 Å². The number of carbonyl (C=O) groups is 1. The predicted molar refractivity (Wildman–Crippen MR) is 84.5 cm³/mol. The van der Waals surface area contributed by atoms with Crippen molar-refractivity contribution < 1.29 is 4.79 Å². The molecular weight excluding hydrogens is 392 g/mol. The molecule has 6 heteroatoms. The van der Waals surface area contributed by atoms with Crippen LogP contribution in [0.2, 0.25) is 0 Å². The van der Waals surface area contributed by atoms with Crippen LogP contribution in [0.3, 0.4) is 0 Å². The molecule has 100 valence electrons. The Labute approximate surface area is 132 Å². The van der Waals surface area contributed by atoms with Gasteiger partial charge in [0.1, 0.15) is 0 Å². The van der Waals surface area contributed by atoms with Crippen molar-refractivity contribution in [3.8, 4) is 0 Å². The molecule has 0 spiro atoms. The number of pyridine rings is 1. The maximum absolute atomic E-state index is 12.4. The van der Waals surface area contributed by atoms with E-state index in [4.69, 9.17) is 0 Å². The van der Waals surface area contributed by atoms with Crippen LogP contribution in [-0.4, -0.2) is 22.8 Å². The third kappa shape index (κ3) is 3.24. The van der Waals surface area contributed by atoms with Gasteiger partial charge in [-0.25, -0.2) is 0 Å². The molecule has 1 amide bonds. The minimum atomic E-state index is 0.00940. The number of halogens is 2. The average molecular weight is 404 g/mol. The molecular formula is C13H12Br2N2OS. The summed E-state index contributed by atoms with van der Waals surface area (Å²) in [5, 5.41) is 0. The van der Waals surface area contributed by atoms with E-state index in [1.54, 1.807) is 17.3 Å². The molecule has 0 fully saturated rings. The van der Waals surface area contributed by atoms with Gasteiger partial charge in [-0.1, -0.05) is 0 Å². The Morgan fingerprint density at radius 1 is 1.37 bits per heavy atom. The van der Waals surface area contributed by atoms with Crippen LogP contribution in [0.15, 0.2) is 38.9 Å². The smallest absolute Gasteiger partial charge is 0.264 e. The van der Waals surface area contributed by atoms with E-state index in [1.807, 2.05) is 32.2 Å². The Morgan fingerprint density at radius 2 is 2.00 bits per heavy atom. The fourth-order valence-corrected chi connectivity index (χ4v) is 3.69. The van der Waals surface area contributed by atoms with Crippen molar-refractivity contribution in [2.75, 3.05) is 7.05 Å². The molecule has 2 aromatic rings. The van der Waals surface area contributed by atoms with Gasteiger partial charge in [0.2, 0.25) is 0 Å². The van der Waals surface area contributed by atoms with Gasteiger partial charge < -0.3 is 4.90 Å². The summed E-state index contributed by atoms with van der Waals surface area (Å²) in [7, 11) is 1.81. The van der Waals surface area contributed by atoms with Gasteiger partial charge >= 0.3 is 0 Å². The van der Waals surface area contributed by atoms with Crippen LogP contribution in [0.1, 0.15) is 28.2 Å². The lowest BCUT2D eigenvalue weighted by Gasteiger charge is -2.24. The zero-order valence-corrected chi connectivity index (χ0v) is 14.4. The normalized spacial score (nSPS) is 12.2. The van der Waals surface area contributed by atoms with Gasteiger partial charge in [0.15, 0.2) is 0 Å². The molecule has 2 rings (SSSR count). The number of nitrogens with zero attached hydrogens (tertiary/aromatic N) is 2. The van der Waals surface area contributed by atoms with Gasteiger partial charge in [-0.2, -0.15) is 0 Å². The first-order valence-electron chi connectivity index (χ1n) is 5.62. The molecule has 2 aromatic heterocycles. The highest BCUT2D eigenvalue weighted by Crippen LogP contribution is 2.33. The van der Waals surface area contributed by atoms with Crippen LogP contribution in [0, 0.1) is 0 Å². The molecule has 1 unspecified atom stereocenters. The molecule has 3 nitrogen and oxygen atoms in total. The van der Waals surface area contributed by atoms with Crippen molar-refractivity contribution >= 4 is 49.1 Å². The first-order chi connectivity index (χ1) is 9.00. The van der Waals surface area contributed by atoms with E-state index in [2.05, 4.69) is 36.8 Å². The third-order valence-corrected chi connectivity index (χ3v) is 6.19. The maximum atomic E-state index is 12.4. The Bertz CT molecular complexity index is 566. The van der Waals surface area contributed by atoms with E-state index in [1.165, 1.54) is 11.3 Å². The summed E-state index contributed by atoms with van der Waals surface area (Å²) in [4.78, 5) is 18.8. The molecule has 0 radical (unpaired) electrons. The molecule has 2 heterocycles. The molecule has 0 saturated heterocycles. The number of amides is 1. The minimum absolute atomic E-state index is 0.00940. The van der Waals surface area contributed by atoms with Crippen molar-refractivity contribution in [3.05, 3.63) is 49.3 Å². The lowest BCUT2D eigenvalue weighted by atomic mass is 10.1. The standard InChI is InChI=1S/C13H12Br2N2OS/c1-8(9-3-5-16-6-4-9)17(2)13(18)11-7-10(14)12(15)19-11/h3-8H,1-2H3. The van der Waals surface area contributed by atoms with Gasteiger partial charge in [-0.15, -0.1) is 11.3 Å². The summed E-state index contributed by atoms with van der Waals surface area (Å²) in [5.74, 6) is 0.0145. The molecule has 0 aromatic carbocycles. The first kappa shape index (κ1) is 14.7. The Morgan fingerprint density at radius 3 is 2.53 bits per heavy atom. The van der Waals surface area contributed by atoms with Gasteiger partial charge in [0, 0.05) is 23.9 Å². The molecule has 0 aliphatic carbocycles. The predicted octanol–water partition coefficient (Wildman–Crippen LogP) is 4.50. The van der Waals surface area contributed by atoms with E-state index in [0.717, 1.165) is 13.8 Å². The summed E-state index contributed by atoms with van der Waals surface area (Å²) < 4.78 is 1.84. The van der Waals surface area contributed by atoms with Crippen LogP contribution in [0.5, 0.6) is 0 Å². The fraction of sp³-hybridized carbons (Fsp3) is 0.231. The molecule has 0 aliphatic rings. The van der Waals surface area contributed by atoms with Crippen molar-refractivity contribution in [2.24, 2.45) is 0 Å². The molecule has 19 heavy (non-hydrogen) atoms. The quantitative estimate of drug-likeness (QED) is 0.755. The van der Waals surface area contributed by atoms with Crippen molar-refractivity contribution in [3.63, 3.8) is 0 Å². The largest absolute Gasteiger partial charge is 0.334 e. The van der Waals surface area contributed by atoms with E-state index in [0.29, 0.717) is 4.88 Å². The Balaban J connectivity index is 2.19. The maximum Gasteiger partial charge on any atom is 0.264 e. The summed E-state index contributed by atoms with van der Waals surface area (Å²) >= 11 is 8.24. The van der Waals surface area contributed by atoms with Crippen LogP contribution >= 0.6 is 43.2 Å². The molecule has 0 aliphatic heterocycles. The fourth-order valence-electron chi connectivity index (χ4n) is 1.67. The number of thiophene rings is 1. The lowest BCUT2D eigenvalue weighted by Crippen LogP contribution is -2.29. The summed E-state index contributed by atoms with van der Waals surface area (Å²) in [6, 6.07) is 5.70. The summed E-state index contributed by atoms with van der Waals surface area (Å²) in [5.41, 5.74) is 1.07. The average Bonchev–Trinajstić information content (AvgIpc) is 2.77. The topological polar surface area (TPSA) is 33.2 Å². The molecule has 0 bridgehead atoms. The van der Waals surface area contributed by atoms with E-state index in [-0.39, 0.29) is 11.9 Å². The Kier molecular flexibility index (Phi) is 4.76. The lowest BCUT2D eigenvalue weighted by molar-refractivity contribution is 0.0747. The van der Waals surface area contributed by atoms with E-state index < -0.39 is 0 Å². The van der Waals surface area contributed by atoms with Crippen LogP contribution in [-0.2, 0) is 0 Å². The summed E-state index contributed by atoms with van der Waals surface area (Å²) in [6.07, 6.45) is 3.48. The number of aromatic nitrogens is 1. The number of hydrogen-bond donors (Lipinski definition) is 0. The number of rotatable bonds is 3. The molecule has 0 saturated carbocycles. The van der Waals surface area contributed by atoms with E-state index in [9.17, 15) is 4.79 Å². The van der Waals surface area contributed by atoms with Gasteiger partial charge in [-0.3, -0.25) is 9.78 Å². The number of hydrogen-bond acceptors (Lipinski definition) is 3. The second kappa shape index (κ2) is 6.15. The van der Waals surface area contributed by atoms with Crippen LogP contribution in [0.25, 0.3) is 0 Å². The highest BCUT2D eigenvalue weighted by atomic mass is 79.9. The van der Waals surface area contributed by atoms with Crippen LogP contribution < -0.4 is 0 Å². The van der Waals surface area contributed by atoms with Crippen molar-refractivity contribution in [1.82, 2.24) is 9.88 Å². The van der Waals surface area contributed by atoms with Gasteiger partial charge in [0.25, 0.3) is 5.91 Å². The van der Waals surface area contributed by atoms with Crippen molar-refractivity contribution in [2.45, 2.75) is 13.0 Å². The van der Waals surface area contributed by atoms with Crippen molar-refractivity contribution in [1.29, 1.82) is 0 Å². The SMILES string of the molecule is CC(c1ccncc1)N(C)C(=O)c1cc(Br)c(Br)s1. The highest BCUT2D eigenvalue weighted by Gasteiger charge is 2.21. The highest BCUT2D eigenvalue weighted by molar-refractivity contribution is 9.13.